The third-order valence-corrected chi connectivity index (χ3v) is 4.47. The van der Waals surface area contributed by atoms with Gasteiger partial charge in [-0.3, -0.25) is 9.59 Å². The summed E-state index contributed by atoms with van der Waals surface area (Å²) in [5, 5.41) is 4.02. The minimum absolute atomic E-state index is 0.149. The number of hydrogen-bond acceptors (Lipinski definition) is 4. The zero-order chi connectivity index (χ0) is 16.8. The van der Waals surface area contributed by atoms with Crippen molar-refractivity contribution in [3.8, 4) is 0 Å². The quantitative estimate of drug-likeness (QED) is 0.709. The van der Waals surface area contributed by atoms with E-state index in [1.54, 1.807) is 11.9 Å². The zero-order valence-corrected chi connectivity index (χ0v) is 13.5. The second-order valence-corrected chi connectivity index (χ2v) is 6.06. The second kappa shape index (κ2) is 5.30. The highest BCUT2D eigenvalue weighted by Crippen LogP contribution is 2.28. The number of para-hydroxylation sites is 2. The van der Waals surface area contributed by atoms with E-state index in [4.69, 9.17) is 0 Å². The molecule has 1 aliphatic rings. The van der Waals surface area contributed by atoms with Crippen LogP contribution >= 0.6 is 0 Å². The molecule has 24 heavy (non-hydrogen) atoms. The lowest BCUT2D eigenvalue weighted by Gasteiger charge is -2.40. The number of hydrogen-bond donors (Lipinski definition) is 0. The lowest BCUT2D eigenvalue weighted by Crippen LogP contribution is -2.51. The average molecular weight is 323 g/mol. The van der Waals surface area contributed by atoms with E-state index in [9.17, 15) is 9.59 Å². The van der Waals surface area contributed by atoms with Gasteiger partial charge in [0.1, 0.15) is 11.5 Å². The number of carbonyl (C=O) groups is 1. The van der Waals surface area contributed by atoms with Gasteiger partial charge in [0.05, 0.1) is 17.1 Å². The molecule has 0 N–H and O–H groups in total. The summed E-state index contributed by atoms with van der Waals surface area (Å²) in [6, 6.07) is 11.1. The summed E-state index contributed by atoms with van der Waals surface area (Å²) in [7, 11) is 1.54. The highest BCUT2D eigenvalue weighted by molar-refractivity contribution is 5.92. The first kappa shape index (κ1) is 14.6. The van der Waals surface area contributed by atoms with Crippen LogP contribution in [-0.2, 0) is 7.05 Å². The van der Waals surface area contributed by atoms with E-state index in [0.717, 1.165) is 16.9 Å². The molecule has 0 bridgehead atoms. The van der Waals surface area contributed by atoms with Crippen LogP contribution in [0.5, 0.6) is 0 Å². The van der Waals surface area contributed by atoms with Crippen molar-refractivity contribution in [3.05, 3.63) is 58.3 Å². The van der Waals surface area contributed by atoms with Crippen molar-refractivity contribution < 1.29 is 4.79 Å². The van der Waals surface area contributed by atoms with Gasteiger partial charge in [-0.1, -0.05) is 12.1 Å². The first-order valence-corrected chi connectivity index (χ1v) is 7.82. The summed E-state index contributed by atoms with van der Waals surface area (Å²) in [4.78, 5) is 30.2. The topological polar surface area (TPSA) is 73.0 Å². The van der Waals surface area contributed by atoms with Crippen molar-refractivity contribution in [1.82, 2.24) is 24.2 Å². The number of likely N-dealkylation sites (tertiary alicyclic amines) is 1. The molecule has 0 aliphatic carbocycles. The van der Waals surface area contributed by atoms with Crippen LogP contribution in [0, 0.1) is 6.92 Å². The maximum absolute atomic E-state index is 12.5. The van der Waals surface area contributed by atoms with Crippen LogP contribution in [0.15, 0.2) is 41.2 Å². The summed E-state index contributed by atoms with van der Waals surface area (Å²) in [6.07, 6.45) is 0. The van der Waals surface area contributed by atoms with E-state index < -0.39 is 0 Å². The van der Waals surface area contributed by atoms with Crippen molar-refractivity contribution >= 4 is 16.9 Å². The Labute approximate surface area is 138 Å². The Bertz CT molecular complexity index is 998. The van der Waals surface area contributed by atoms with E-state index in [-0.39, 0.29) is 17.5 Å². The molecule has 2 aromatic heterocycles. The molecule has 0 unspecified atom stereocenters. The van der Waals surface area contributed by atoms with Gasteiger partial charge in [0.2, 0.25) is 0 Å². The fourth-order valence-electron chi connectivity index (χ4n) is 3.19. The first-order valence-electron chi connectivity index (χ1n) is 7.82. The number of benzene rings is 1. The Morgan fingerprint density at radius 3 is 2.67 bits per heavy atom. The van der Waals surface area contributed by atoms with E-state index in [1.165, 1.54) is 16.8 Å². The molecular formula is C17H17N5O2. The van der Waals surface area contributed by atoms with Gasteiger partial charge in [-0.05, 0) is 25.1 Å². The molecular weight excluding hydrogens is 306 g/mol. The van der Waals surface area contributed by atoms with Gasteiger partial charge < -0.3 is 9.47 Å². The van der Waals surface area contributed by atoms with E-state index in [0.29, 0.717) is 18.8 Å². The molecule has 122 valence electrons. The van der Waals surface area contributed by atoms with Gasteiger partial charge in [-0.15, -0.1) is 0 Å². The third kappa shape index (κ3) is 2.20. The van der Waals surface area contributed by atoms with Gasteiger partial charge in [0.15, 0.2) is 0 Å². The average Bonchev–Trinajstić information content (AvgIpc) is 2.85. The molecule has 0 saturated carbocycles. The molecule has 1 aliphatic heterocycles. The molecule has 0 radical (unpaired) electrons. The zero-order valence-electron chi connectivity index (χ0n) is 13.5. The smallest absolute Gasteiger partial charge is 0.274 e. The number of rotatable bonds is 2. The molecule has 3 heterocycles. The van der Waals surface area contributed by atoms with Crippen molar-refractivity contribution in [2.45, 2.75) is 13.0 Å². The minimum atomic E-state index is -0.228. The Hall–Kier alpha value is -2.96. The molecule has 4 rings (SSSR count). The predicted octanol–water partition coefficient (Wildman–Crippen LogP) is 1.14. The summed E-state index contributed by atoms with van der Waals surface area (Å²) in [5.74, 6) is 0.803. The molecule has 0 spiro atoms. The van der Waals surface area contributed by atoms with Crippen LogP contribution in [0.1, 0.15) is 22.4 Å². The number of amides is 1. The number of nitrogens with zero attached hydrogens (tertiary/aromatic N) is 5. The number of aryl methyl sites for hydroxylation is 2. The summed E-state index contributed by atoms with van der Waals surface area (Å²) in [5.41, 5.74) is 2.13. The van der Waals surface area contributed by atoms with Crippen LogP contribution in [0.3, 0.4) is 0 Å². The van der Waals surface area contributed by atoms with E-state index in [2.05, 4.69) is 14.6 Å². The lowest BCUT2D eigenvalue weighted by atomic mass is 10.1. The first-order chi connectivity index (χ1) is 11.5. The third-order valence-electron chi connectivity index (χ3n) is 4.47. The molecule has 1 fully saturated rings. The number of carbonyl (C=O) groups excluding carboxylic acids is 1. The Kier molecular flexibility index (Phi) is 3.23. The monoisotopic (exact) mass is 323 g/mol. The fourth-order valence-corrected chi connectivity index (χ4v) is 3.19. The van der Waals surface area contributed by atoms with Crippen molar-refractivity contribution in [3.63, 3.8) is 0 Å². The molecule has 7 heteroatoms. The highest BCUT2D eigenvalue weighted by Gasteiger charge is 2.34. The van der Waals surface area contributed by atoms with Gasteiger partial charge in [0.25, 0.3) is 11.5 Å². The van der Waals surface area contributed by atoms with Crippen LogP contribution < -0.4 is 5.56 Å². The predicted molar refractivity (Wildman–Crippen MR) is 88.9 cm³/mol. The highest BCUT2D eigenvalue weighted by atomic mass is 16.2. The van der Waals surface area contributed by atoms with Crippen LogP contribution in [0.2, 0.25) is 0 Å². The molecule has 0 atom stereocenters. The van der Waals surface area contributed by atoms with Crippen molar-refractivity contribution in [2.24, 2.45) is 7.05 Å². The number of imidazole rings is 1. The summed E-state index contributed by atoms with van der Waals surface area (Å²) in [6.45, 7) is 3.22. The molecule has 1 aromatic carbocycles. The van der Waals surface area contributed by atoms with Gasteiger partial charge in [-0.2, -0.15) is 5.10 Å². The van der Waals surface area contributed by atoms with Crippen LogP contribution in [-0.4, -0.2) is 43.2 Å². The molecule has 3 aromatic rings. The maximum atomic E-state index is 12.5. The molecule has 1 saturated heterocycles. The fraction of sp³-hybridized carbons (Fsp3) is 0.294. The Morgan fingerprint density at radius 1 is 1.17 bits per heavy atom. The Morgan fingerprint density at radius 2 is 1.92 bits per heavy atom. The van der Waals surface area contributed by atoms with Gasteiger partial charge >= 0.3 is 0 Å². The van der Waals surface area contributed by atoms with Crippen molar-refractivity contribution in [2.75, 3.05) is 13.1 Å². The van der Waals surface area contributed by atoms with Gasteiger partial charge in [0, 0.05) is 26.2 Å². The van der Waals surface area contributed by atoms with Crippen LogP contribution in [0.4, 0.5) is 0 Å². The summed E-state index contributed by atoms with van der Waals surface area (Å²) >= 11 is 0. The summed E-state index contributed by atoms with van der Waals surface area (Å²) < 4.78 is 3.37. The molecule has 1 amide bonds. The molecule has 7 nitrogen and oxygen atoms in total. The van der Waals surface area contributed by atoms with Gasteiger partial charge in [-0.25, -0.2) is 9.67 Å². The van der Waals surface area contributed by atoms with E-state index >= 15 is 0 Å². The van der Waals surface area contributed by atoms with E-state index in [1.807, 2.05) is 31.2 Å². The Balaban J connectivity index is 1.55. The second-order valence-electron chi connectivity index (χ2n) is 6.06. The lowest BCUT2D eigenvalue weighted by molar-refractivity contribution is 0.0514. The maximum Gasteiger partial charge on any atom is 0.274 e. The normalized spacial score (nSPS) is 14.8. The number of aromatic nitrogens is 4. The largest absolute Gasteiger partial charge is 0.333 e. The number of fused-ring (bicyclic) bond motifs is 1. The standard InChI is InChI=1S/C17H17N5O2/c1-11-18-13-5-3-4-6-15(13)22(11)12-9-21(10-12)17(24)14-7-8-16(23)20(2)19-14/h3-8,12H,9-10H2,1-2H3. The minimum Gasteiger partial charge on any atom is -0.333 e. The van der Waals surface area contributed by atoms with Crippen molar-refractivity contribution in [1.29, 1.82) is 0 Å². The SMILES string of the molecule is Cc1nc2ccccc2n1C1CN(C(=O)c2ccc(=O)n(C)n2)C1. The van der Waals surface area contributed by atoms with Crippen LogP contribution in [0.25, 0.3) is 11.0 Å².